The summed E-state index contributed by atoms with van der Waals surface area (Å²) in [5.74, 6) is 4.12. The standard InChI is InChI=1S/C21H17O2S/c1-2-4-16(5-3-1)21-17-6-10-19(11-7-17)22-14-24-15-23-20-12-8-18(21)9-13-20/h1-13H,14-15H2. The smallest absolute Gasteiger partial charge is 0.137 e. The van der Waals surface area contributed by atoms with E-state index in [0.717, 1.165) is 11.5 Å². The lowest BCUT2D eigenvalue weighted by molar-refractivity contribution is 0.373. The minimum absolute atomic E-state index is 0.576. The summed E-state index contributed by atoms with van der Waals surface area (Å²) in [5, 5.41) is 0. The summed E-state index contributed by atoms with van der Waals surface area (Å²) in [7, 11) is 0. The topological polar surface area (TPSA) is 18.5 Å². The van der Waals surface area contributed by atoms with Crippen molar-refractivity contribution in [3.05, 3.63) is 101 Å². The van der Waals surface area contributed by atoms with Gasteiger partial charge in [-0.1, -0.05) is 66.4 Å². The molecule has 4 aliphatic heterocycles. The maximum absolute atomic E-state index is 5.75. The molecular formula is C21H17O2S. The van der Waals surface area contributed by atoms with Gasteiger partial charge in [-0.25, -0.2) is 0 Å². The molecule has 0 unspecified atom stereocenters. The van der Waals surface area contributed by atoms with E-state index in [1.165, 1.54) is 22.6 Å². The molecule has 0 saturated heterocycles. The first-order valence-corrected chi connectivity index (χ1v) is 9.02. The molecule has 119 valence electrons. The molecule has 0 spiro atoms. The largest absolute Gasteiger partial charge is 0.483 e. The van der Waals surface area contributed by atoms with Crippen LogP contribution in [0.3, 0.4) is 0 Å². The van der Waals surface area contributed by atoms with Crippen molar-refractivity contribution < 1.29 is 9.47 Å². The summed E-state index contributed by atoms with van der Waals surface area (Å²) in [6, 6.07) is 27.1. The van der Waals surface area contributed by atoms with E-state index in [0.29, 0.717) is 11.9 Å². The Morgan fingerprint density at radius 2 is 1.00 bits per heavy atom. The second-order valence-electron chi connectivity index (χ2n) is 5.52. The normalized spacial score (nSPS) is 14.7. The summed E-state index contributed by atoms with van der Waals surface area (Å²) in [6.07, 6.45) is 0. The second kappa shape index (κ2) is 7.02. The van der Waals surface area contributed by atoms with Crippen LogP contribution in [0.4, 0.5) is 0 Å². The second-order valence-corrected chi connectivity index (χ2v) is 6.40. The van der Waals surface area contributed by atoms with Crippen LogP contribution in [-0.4, -0.2) is 11.9 Å². The first-order valence-electron chi connectivity index (χ1n) is 7.87. The Balaban J connectivity index is 1.82. The molecule has 3 aromatic rings. The van der Waals surface area contributed by atoms with Gasteiger partial charge in [-0.05, 0) is 41.0 Å². The molecule has 0 N–H and O–H groups in total. The zero-order chi connectivity index (χ0) is 16.2. The van der Waals surface area contributed by atoms with Crippen LogP contribution >= 0.6 is 11.8 Å². The van der Waals surface area contributed by atoms with Crippen molar-refractivity contribution in [1.29, 1.82) is 0 Å². The summed E-state index contributed by atoms with van der Waals surface area (Å²) >= 11 is 1.61. The molecule has 0 fully saturated rings. The van der Waals surface area contributed by atoms with Gasteiger partial charge in [-0.3, -0.25) is 0 Å². The molecule has 24 heavy (non-hydrogen) atoms. The Kier molecular flexibility index (Phi) is 4.43. The third kappa shape index (κ3) is 3.26. The number of rotatable bonds is 1. The molecule has 4 aliphatic rings. The van der Waals surface area contributed by atoms with Gasteiger partial charge in [0.15, 0.2) is 0 Å². The maximum Gasteiger partial charge on any atom is 0.137 e. The van der Waals surface area contributed by atoms with Gasteiger partial charge in [0.05, 0.1) is 5.92 Å². The van der Waals surface area contributed by atoms with Crippen LogP contribution in [0.5, 0.6) is 11.5 Å². The Hall–Kier alpha value is -2.39. The lowest BCUT2D eigenvalue weighted by Crippen LogP contribution is -2.06. The van der Waals surface area contributed by atoms with Crippen LogP contribution in [0.2, 0.25) is 0 Å². The molecule has 1 radical (unpaired) electrons. The molecular weight excluding hydrogens is 316 g/mol. The average Bonchev–Trinajstić information content (AvgIpc) is 2.65. The molecule has 7 rings (SSSR count). The van der Waals surface area contributed by atoms with Crippen LogP contribution in [-0.2, 0) is 0 Å². The monoisotopic (exact) mass is 333 g/mol. The number of hydrogen-bond donors (Lipinski definition) is 0. The minimum Gasteiger partial charge on any atom is -0.483 e. The maximum atomic E-state index is 5.75. The van der Waals surface area contributed by atoms with E-state index in [1.54, 1.807) is 11.8 Å². The lowest BCUT2D eigenvalue weighted by atomic mass is 9.85. The number of thioether (sulfide) groups is 1. The van der Waals surface area contributed by atoms with E-state index in [1.807, 2.05) is 30.3 Å². The summed E-state index contributed by atoms with van der Waals surface area (Å²) < 4.78 is 11.5. The predicted molar refractivity (Wildman–Crippen MR) is 98.5 cm³/mol. The lowest BCUT2D eigenvalue weighted by Gasteiger charge is -2.19. The first kappa shape index (κ1) is 15.2. The molecule has 4 heterocycles. The highest BCUT2D eigenvalue weighted by Gasteiger charge is 2.18. The third-order valence-electron chi connectivity index (χ3n) is 3.97. The Labute approximate surface area is 146 Å². The van der Waals surface area contributed by atoms with Gasteiger partial charge in [0.25, 0.3) is 0 Å². The molecule has 2 nitrogen and oxygen atoms in total. The van der Waals surface area contributed by atoms with Crippen LogP contribution < -0.4 is 9.47 Å². The van der Waals surface area contributed by atoms with Gasteiger partial charge in [0.1, 0.15) is 23.4 Å². The molecule has 0 aromatic heterocycles. The van der Waals surface area contributed by atoms with Crippen LogP contribution in [0.1, 0.15) is 16.7 Å². The SMILES string of the molecule is c1ccc([C]2c3ccc(cc3)OCSCOc3ccc2cc3)cc1. The van der Waals surface area contributed by atoms with Gasteiger partial charge < -0.3 is 9.47 Å². The molecule has 0 amide bonds. The van der Waals surface area contributed by atoms with Gasteiger partial charge in [0.2, 0.25) is 0 Å². The Morgan fingerprint density at radius 1 is 0.542 bits per heavy atom. The fourth-order valence-corrected chi connectivity index (χ4v) is 3.30. The molecule has 0 aliphatic carbocycles. The summed E-state index contributed by atoms with van der Waals surface area (Å²) in [4.78, 5) is 0. The summed E-state index contributed by atoms with van der Waals surface area (Å²) in [5.41, 5.74) is 3.54. The third-order valence-corrected chi connectivity index (χ3v) is 4.54. The Bertz CT molecular complexity index is 733. The number of ether oxygens (including phenoxy) is 2. The van der Waals surface area contributed by atoms with Gasteiger partial charge in [-0.15, -0.1) is 0 Å². The Morgan fingerprint density at radius 3 is 1.50 bits per heavy atom. The van der Waals surface area contributed by atoms with E-state index in [9.17, 15) is 0 Å². The molecule has 4 bridgehead atoms. The molecule has 0 saturated carbocycles. The molecule has 3 heteroatoms. The number of benzene rings is 3. The average molecular weight is 333 g/mol. The highest BCUT2D eigenvalue weighted by molar-refractivity contribution is 7.99. The summed E-state index contributed by atoms with van der Waals surface area (Å²) in [6.45, 7) is 0. The first-order chi connectivity index (χ1) is 11.9. The van der Waals surface area contributed by atoms with E-state index >= 15 is 0 Å². The van der Waals surface area contributed by atoms with Crippen molar-refractivity contribution in [3.8, 4) is 11.5 Å². The van der Waals surface area contributed by atoms with Crippen molar-refractivity contribution in [2.45, 2.75) is 0 Å². The van der Waals surface area contributed by atoms with Crippen molar-refractivity contribution in [2.75, 3.05) is 11.9 Å². The highest BCUT2D eigenvalue weighted by atomic mass is 32.2. The van der Waals surface area contributed by atoms with Gasteiger partial charge >= 0.3 is 0 Å². The van der Waals surface area contributed by atoms with Gasteiger partial charge in [0, 0.05) is 0 Å². The van der Waals surface area contributed by atoms with Crippen molar-refractivity contribution >= 4 is 11.8 Å². The van der Waals surface area contributed by atoms with E-state index < -0.39 is 0 Å². The fraction of sp³-hybridized carbons (Fsp3) is 0.0952. The quantitative estimate of drug-likeness (QED) is 0.615. The molecule has 0 atom stereocenters. The van der Waals surface area contributed by atoms with E-state index in [2.05, 4.69) is 48.5 Å². The zero-order valence-corrected chi connectivity index (χ0v) is 14.0. The molecule has 3 aromatic carbocycles. The van der Waals surface area contributed by atoms with Crippen molar-refractivity contribution in [3.63, 3.8) is 0 Å². The minimum atomic E-state index is 0.576. The van der Waals surface area contributed by atoms with Crippen LogP contribution in [0, 0.1) is 5.92 Å². The van der Waals surface area contributed by atoms with Crippen molar-refractivity contribution in [1.82, 2.24) is 0 Å². The highest BCUT2D eigenvalue weighted by Crippen LogP contribution is 2.33. The predicted octanol–water partition coefficient (Wildman–Crippen LogP) is 5.13. The van der Waals surface area contributed by atoms with E-state index in [4.69, 9.17) is 9.47 Å². The number of hydrogen-bond acceptors (Lipinski definition) is 3. The van der Waals surface area contributed by atoms with Crippen LogP contribution in [0.15, 0.2) is 78.9 Å². The van der Waals surface area contributed by atoms with E-state index in [-0.39, 0.29) is 0 Å². The van der Waals surface area contributed by atoms with Crippen LogP contribution in [0.25, 0.3) is 0 Å². The van der Waals surface area contributed by atoms with Crippen molar-refractivity contribution in [2.24, 2.45) is 0 Å². The van der Waals surface area contributed by atoms with Gasteiger partial charge in [-0.2, -0.15) is 0 Å². The zero-order valence-electron chi connectivity index (χ0n) is 13.1. The fourth-order valence-electron chi connectivity index (χ4n) is 2.79.